The first-order valence-electron chi connectivity index (χ1n) is 10.9. The number of urea groups is 1. The second-order valence-electron chi connectivity index (χ2n) is 8.41. The van der Waals surface area contributed by atoms with Crippen LogP contribution in [0.3, 0.4) is 0 Å². The first-order valence-corrected chi connectivity index (χ1v) is 11.3. The van der Waals surface area contributed by atoms with E-state index in [0.717, 1.165) is 22.4 Å². The van der Waals surface area contributed by atoms with Crippen LogP contribution in [0.15, 0.2) is 48.5 Å². The van der Waals surface area contributed by atoms with Crippen molar-refractivity contribution in [1.29, 1.82) is 0 Å². The van der Waals surface area contributed by atoms with E-state index in [9.17, 15) is 9.18 Å². The molecular weight excluding hydrogens is 429 g/mol. The van der Waals surface area contributed by atoms with Gasteiger partial charge < -0.3 is 20.0 Å². The molecule has 2 fully saturated rings. The van der Waals surface area contributed by atoms with Crippen molar-refractivity contribution in [1.82, 2.24) is 9.88 Å². The van der Waals surface area contributed by atoms with Gasteiger partial charge in [-0.2, -0.15) is 0 Å². The second-order valence-corrected chi connectivity index (χ2v) is 8.85. The van der Waals surface area contributed by atoms with Crippen LogP contribution in [0.2, 0.25) is 5.02 Å². The van der Waals surface area contributed by atoms with Crippen molar-refractivity contribution < 1.29 is 9.18 Å². The van der Waals surface area contributed by atoms with Crippen molar-refractivity contribution in [3.63, 3.8) is 0 Å². The van der Waals surface area contributed by atoms with Gasteiger partial charge in [0.05, 0.1) is 5.52 Å². The van der Waals surface area contributed by atoms with E-state index in [1.165, 1.54) is 25.0 Å². The number of carbonyl (C=O) groups excluding carboxylic acids is 1. The summed E-state index contributed by atoms with van der Waals surface area (Å²) in [6, 6.07) is 14.2. The number of halogens is 2. The van der Waals surface area contributed by atoms with Crippen LogP contribution in [-0.2, 0) is 0 Å². The van der Waals surface area contributed by atoms with Crippen LogP contribution in [0.1, 0.15) is 12.8 Å². The molecule has 1 aromatic heterocycles. The minimum atomic E-state index is -0.325. The Morgan fingerprint density at radius 3 is 2.50 bits per heavy atom. The van der Waals surface area contributed by atoms with Crippen molar-refractivity contribution >= 4 is 45.7 Å². The van der Waals surface area contributed by atoms with Gasteiger partial charge in [-0.3, -0.25) is 0 Å². The van der Waals surface area contributed by atoms with Crippen LogP contribution >= 0.6 is 11.6 Å². The normalized spacial score (nSPS) is 16.3. The molecule has 0 bridgehead atoms. The molecule has 2 amide bonds. The number of fused-ring (bicyclic) bond motifs is 1. The predicted octanol–water partition coefficient (Wildman–Crippen LogP) is 4.98. The molecule has 2 aliphatic rings. The van der Waals surface area contributed by atoms with E-state index in [1.54, 1.807) is 17.0 Å². The third-order valence-corrected chi connectivity index (χ3v) is 6.43. The largest absolute Gasteiger partial charge is 0.367 e. The Kier molecular flexibility index (Phi) is 5.51. The lowest BCUT2D eigenvalue weighted by atomic mass is 10.1. The van der Waals surface area contributed by atoms with Crippen LogP contribution in [0.4, 0.5) is 26.4 Å². The molecule has 166 valence electrons. The number of hydrogen-bond acceptors (Lipinski definition) is 4. The number of aromatic nitrogens is 1. The minimum Gasteiger partial charge on any atom is -0.367 e. The molecule has 0 unspecified atom stereocenters. The summed E-state index contributed by atoms with van der Waals surface area (Å²) >= 11 is 6.25. The van der Waals surface area contributed by atoms with Crippen LogP contribution in [0.5, 0.6) is 0 Å². The Labute approximate surface area is 191 Å². The van der Waals surface area contributed by atoms with E-state index in [-0.39, 0.29) is 11.8 Å². The Balaban J connectivity index is 1.33. The number of anilines is 3. The molecule has 1 saturated heterocycles. The monoisotopic (exact) mass is 453 g/mol. The first-order chi connectivity index (χ1) is 15.5. The van der Waals surface area contributed by atoms with Gasteiger partial charge in [-0.1, -0.05) is 11.6 Å². The number of pyridine rings is 1. The molecule has 0 radical (unpaired) electrons. The van der Waals surface area contributed by atoms with Gasteiger partial charge in [0.1, 0.15) is 11.6 Å². The third kappa shape index (κ3) is 4.30. The molecule has 32 heavy (non-hydrogen) atoms. The summed E-state index contributed by atoms with van der Waals surface area (Å²) in [6.45, 7) is 2.62. The quantitative estimate of drug-likeness (QED) is 0.605. The van der Waals surface area contributed by atoms with E-state index >= 15 is 0 Å². The number of amides is 2. The lowest BCUT2D eigenvalue weighted by Gasteiger charge is -2.37. The van der Waals surface area contributed by atoms with Crippen molar-refractivity contribution in [3.8, 4) is 0 Å². The number of carbonyl (C=O) groups is 1. The van der Waals surface area contributed by atoms with E-state index in [1.807, 2.05) is 18.2 Å². The highest BCUT2D eigenvalue weighted by Gasteiger charge is 2.29. The number of nitrogens with zero attached hydrogens (tertiary/aromatic N) is 4. The fourth-order valence-corrected chi connectivity index (χ4v) is 4.31. The van der Waals surface area contributed by atoms with Crippen molar-refractivity contribution in [2.24, 2.45) is 0 Å². The lowest BCUT2D eigenvalue weighted by Crippen LogP contribution is -2.50. The molecule has 8 heteroatoms. The van der Waals surface area contributed by atoms with Crippen LogP contribution < -0.4 is 15.1 Å². The zero-order valence-electron chi connectivity index (χ0n) is 17.9. The van der Waals surface area contributed by atoms with Crippen molar-refractivity contribution in [3.05, 3.63) is 59.4 Å². The predicted molar refractivity (Wildman–Crippen MR) is 127 cm³/mol. The van der Waals surface area contributed by atoms with Gasteiger partial charge in [0.25, 0.3) is 0 Å². The minimum absolute atomic E-state index is 0.170. The fourth-order valence-electron chi connectivity index (χ4n) is 4.15. The van der Waals surface area contributed by atoms with E-state index < -0.39 is 0 Å². The molecule has 0 atom stereocenters. The zero-order valence-corrected chi connectivity index (χ0v) is 18.6. The summed E-state index contributed by atoms with van der Waals surface area (Å²) in [4.78, 5) is 23.8. The number of hydrogen-bond donors (Lipinski definition) is 1. The highest BCUT2D eigenvalue weighted by molar-refractivity contribution is 6.31. The number of piperazine rings is 1. The van der Waals surface area contributed by atoms with Gasteiger partial charge in [-0.15, -0.1) is 0 Å². The van der Waals surface area contributed by atoms with Gasteiger partial charge in [0.15, 0.2) is 0 Å². The summed E-state index contributed by atoms with van der Waals surface area (Å²) in [5.41, 5.74) is 2.59. The van der Waals surface area contributed by atoms with E-state index in [4.69, 9.17) is 16.6 Å². The van der Waals surface area contributed by atoms with Crippen LogP contribution in [-0.4, -0.2) is 55.2 Å². The highest BCUT2D eigenvalue weighted by atomic mass is 35.5. The van der Waals surface area contributed by atoms with E-state index in [2.05, 4.69) is 28.2 Å². The summed E-state index contributed by atoms with van der Waals surface area (Å²) in [5, 5.41) is 4.58. The fraction of sp³-hybridized carbons (Fsp3) is 0.333. The maximum Gasteiger partial charge on any atom is 0.321 e. The molecule has 5 rings (SSSR count). The molecular formula is C24H25ClFN5O. The Morgan fingerprint density at radius 2 is 1.81 bits per heavy atom. The lowest BCUT2D eigenvalue weighted by molar-refractivity contribution is 0.208. The standard InChI is InChI=1S/C24H25ClFN5O/c1-29(19-7-8-19)23-15-22(20-9-2-16(25)14-21(20)28-23)30-10-12-31(13-11-30)24(32)27-18-5-3-17(26)4-6-18/h2-6,9,14-15,19H,7-8,10-13H2,1H3,(H,27,32). The van der Waals surface area contributed by atoms with Gasteiger partial charge in [-0.25, -0.2) is 14.2 Å². The topological polar surface area (TPSA) is 51.7 Å². The third-order valence-electron chi connectivity index (χ3n) is 6.20. The average molecular weight is 454 g/mol. The molecule has 1 aliphatic carbocycles. The van der Waals surface area contributed by atoms with Gasteiger partial charge in [0.2, 0.25) is 0 Å². The summed E-state index contributed by atoms with van der Waals surface area (Å²) < 4.78 is 13.1. The van der Waals surface area contributed by atoms with Crippen molar-refractivity contribution in [2.75, 3.05) is 48.3 Å². The van der Waals surface area contributed by atoms with E-state index in [0.29, 0.717) is 42.9 Å². The molecule has 0 spiro atoms. The maximum absolute atomic E-state index is 13.1. The number of nitrogens with one attached hydrogen (secondary N) is 1. The zero-order chi connectivity index (χ0) is 22.2. The molecule has 1 saturated carbocycles. The SMILES string of the molecule is CN(c1cc(N2CCN(C(=O)Nc3ccc(F)cc3)CC2)c2ccc(Cl)cc2n1)C1CC1. The molecule has 1 N–H and O–H groups in total. The van der Waals surface area contributed by atoms with Gasteiger partial charge in [0, 0.05) is 67.1 Å². The second kappa shape index (κ2) is 8.47. The number of benzene rings is 2. The summed E-state index contributed by atoms with van der Waals surface area (Å²) in [5.74, 6) is 0.628. The molecule has 3 aromatic rings. The smallest absolute Gasteiger partial charge is 0.321 e. The maximum atomic E-state index is 13.1. The molecule has 1 aliphatic heterocycles. The molecule has 2 aromatic carbocycles. The Bertz CT molecular complexity index is 1140. The highest BCUT2D eigenvalue weighted by Crippen LogP contribution is 2.35. The molecule has 6 nitrogen and oxygen atoms in total. The summed E-state index contributed by atoms with van der Waals surface area (Å²) in [7, 11) is 2.10. The Morgan fingerprint density at radius 1 is 1.09 bits per heavy atom. The first kappa shape index (κ1) is 20.8. The van der Waals surface area contributed by atoms with Crippen LogP contribution in [0.25, 0.3) is 10.9 Å². The van der Waals surface area contributed by atoms with Crippen LogP contribution in [0, 0.1) is 5.82 Å². The average Bonchev–Trinajstić information content (AvgIpc) is 3.65. The number of rotatable bonds is 4. The summed E-state index contributed by atoms with van der Waals surface area (Å²) in [6.07, 6.45) is 2.39. The van der Waals surface area contributed by atoms with Gasteiger partial charge in [-0.05, 0) is 55.3 Å². The Hall–Kier alpha value is -3.06. The molecule has 2 heterocycles. The van der Waals surface area contributed by atoms with Gasteiger partial charge >= 0.3 is 6.03 Å². The van der Waals surface area contributed by atoms with Crippen molar-refractivity contribution in [2.45, 2.75) is 18.9 Å².